The predicted molar refractivity (Wildman–Crippen MR) is 181 cm³/mol. The fourth-order valence-corrected chi connectivity index (χ4v) is 6.71. The van der Waals surface area contributed by atoms with Gasteiger partial charge in [0, 0.05) is 54.4 Å². The fraction of sp³-hybridized carbons (Fsp3) is 0.457. The molecule has 258 valence electrons. The number of nitrogens with zero attached hydrogens (tertiary/aromatic N) is 3. The van der Waals surface area contributed by atoms with E-state index in [-0.39, 0.29) is 45.1 Å². The number of carboxylic acids is 1. The number of aliphatic carboxylic acids is 1. The van der Waals surface area contributed by atoms with E-state index in [0.29, 0.717) is 39.1 Å². The van der Waals surface area contributed by atoms with Gasteiger partial charge in [0.15, 0.2) is 0 Å². The van der Waals surface area contributed by atoms with Crippen LogP contribution in [-0.2, 0) is 41.6 Å². The van der Waals surface area contributed by atoms with Gasteiger partial charge in [0.2, 0.25) is 0 Å². The van der Waals surface area contributed by atoms with Crippen molar-refractivity contribution >= 4 is 52.9 Å². The van der Waals surface area contributed by atoms with Gasteiger partial charge < -0.3 is 24.2 Å². The molecule has 0 aliphatic carbocycles. The Morgan fingerprint density at radius 1 is 0.896 bits per heavy atom. The number of hydrogen-bond donors (Lipinski definition) is 1. The summed E-state index contributed by atoms with van der Waals surface area (Å²) in [6, 6.07) is 12.7. The van der Waals surface area contributed by atoms with E-state index in [9.17, 15) is 24.3 Å². The monoisotopic (exact) mass is 701 g/mol. The Morgan fingerprint density at radius 3 is 2.08 bits per heavy atom. The lowest BCUT2D eigenvalue weighted by molar-refractivity contribution is -0.143. The van der Waals surface area contributed by atoms with E-state index in [1.54, 1.807) is 23.1 Å². The Morgan fingerprint density at radius 2 is 1.52 bits per heavy atom. The van der Waals surface area contributed by atoms with Gasteiger partial charge in [0.05, 0.1) is 31.9 Å². The van der Waals surface area contributed by atoms with Crippen molar-refractivity contribution in [1.82, 2.24) is 9.80 Å². The molecule has 48 heavy (non-hydrogen) atoms. The molecule has 2 aromatic carbocycles. The zero-order valence-electron chi connectivity index (χ0n) is 27.8. The highest BCUT2D eigenvalue weighted by atomic mass is 35.5. The largest absolute Gasteiger partial charge is 0.481 e. The summed E-state index contributed by atoms with van der Waals surface area (Å²) in [6.07, 6.45) is -0.219. The van der Waals surface area contributed by atoms with Gasteiger partial charge in [-0.2, -0.15) is 0 Å². The van der Waals surface area contributed by atoms with E-state index < -0.39 is 41.8 Å². The lowest BCUT2D eigenvalue weighted by Gasteiger charge is -2.36. The highest BCUT2D eigenvalue weighted by Gasteiger charge is 2.46. The third-order valence-electron chi connectivity index (χ3n) is 8.26. The van der Waals surface area contributed by atoms with Crippen LogP contribution in [0.4, 0.5) is 4.79 Å². The van der Waals surface area contributed by atoms with Gasteiger partial charge in [-0.25, -0.2) is 9.59 Å². The minimum atomic E-state index is -1.28. The van der Waals surface area contributed by atoms with E-state index in [4.69, 9.17) is 37.4 Å². The van der Waals surface area contributed by atoms with Crippen molar-refractivity contribution in [3.8, 4) is 0 Å². The van der Waals surface area contributed by atoms with E-state index in [1.807, 2.05) is 45.0 Å². The average molecular weight is 703 g/mol. The Bertz CT molecular complexity index is 1590. The number of aryl methyl sites for hydroxylation is 1. The quantitative estimate of drug-likeness (QED) is 0.237. The highest BCUT2D eigenvalue weighted by molar-refractivity contribution is 6.36. The molecule has 11 nitrogen and oxygen atoms in total. The molecule has 1 N–H and O–H groups in total. The van der Waals surface area contributed by atoms with E-state index in [0.717, 1.165) is 11.1 Å². The van der Waals surface area contributed by atoms with Gasteiger partial charge in [-0.15, -0.1) is 0 Å². The van der Waals surface area contributed by atoms with Crippen LogP contribution in [0.15, 0.2) is 58.7 Å². The second-order valence-electron chi connectivity index (χ2n) is 12.7. The van der Waals surface area contributed by atoms with Crippen LogP contribution >= 0.6 is 23.2 Å². The van der Waals surface area contributed by atoms with E-state index >= 15 is 0 Å². The van der Waals surface area contributed by atoms with Gasteiger partial charge in [-0.05, 0) is 62.4 Å². The number of methoxy groups -OCH3 is 2. The van der Waals surface area contributed by atoms with Gasteiger partial charge in [-0.3, -0.25) is 19.5 Å². The molecular formula is C35H41Cl2N3O8. The van der Waals surface area contributed by atoms with Crippen molar-refractivity contribution in [3.05, 3.63) is 80.5 Å². The Hall–Kier alpha value is -3.93. The van der Waals surface area contributed by atoms with Crippen molar-refractivity contribution in [3.63, 3.8) is 0 Å². The van der Waals surface area contributed by atoms with Gasteiger partial charge in [0.1, 0.15) is 11.5 Å². The van der Waals surface area contributed by atoms with E-state index in [2.05, 4.69) is 9.89 Å². The van der Waals surface area contributed by atoms with Crippen molar-refractivity contribution in [1.29, 1.82) is 0 Å². The number of carboxylic acid groups (broad SMARTS) is 1. The summed E-state index contributed by atoms with van der Waals surface area (Å²) >= 11 is 13.3. The highest BCUT2D eigenvalue weighted by Crippen LogP contribution is 2.46. The number of rotatable bonds is 10. The molecule has 0 radical (unpaired) electrons. The average Bonchev–Trinajstić information content (AvgIpc) is 3.02. The molecule has 1 fully saturated rings. The number of benzene rings is 2. The van der Waals surface area contributed by atoms with Gasteiger partial charge in [0.25, 0.3) is 0 Å². The van der Waals surface area contributed by atoms with Crippen molar-refractivity contribution in [2.45, 2.75) is 58.1 Å². The first kappa shape index (κ1) is 36.9. The lowest BCUT2D eigenvalue weighted by atomic mass is 9.74. The summed E-state index contributed by atoms with van der Waals surface area (Å²) < 4.78 is 15.8. The van der Waals surface area contributed by atoms with Crippen LogP contribution < -0.4 is 0 Å². The molecule has 0 saturated carbocycles. The predicted octanol–water partition coefficient (Wildman–Crippen LogP) is 5.91. The number of amides is 1. The number of carbonyl (C=O) groups is 4. The number of carbonyl (C=O) groups excluding carboxylic acids is 3. The van der Waals surface area contributed by atoms with Crippen LogP contribution in [0.25, 0.3) is 0 Å². The molecule has 2 aliphatic heterocycles. The molecule has 2 aromatic rings. The molecule has 1 saturated heterocycles. The fourth-order valence-electron chi connectivity index (χ4n) is 6.07. The van der Waals surface area contributed by atoms with E-state index in [1.165, 1.54) is 14.2 Å². The maximum absolute atomic E-state index is 13.5. The van der Waals surface area contributed by atoms with Crippen LogP contribution in [-0.4, -0.2) is 90.6 Å². The molecule has 2 heterocycles. The summed E-state index contributed by atoms with van der Waals surface area (Å²) in [7, 11) is 2.40. The summed E-state index contributed by atoms with van der Waals surface area (Å²) in [6.45, 7) is 8.59. The number of hydrogen-bond acceptors (Lipinski definition) is 9. The van der Waals surface area contributed by atoms with Crippen LogP contribution in [0.1, 0.15) is 56.2 Å². The normalized spacial score (nSPS) is 18.6. The number of piperazine rings is 1. The molecule has 0 bridgehead atoms. The molecule has 4 rings (SSSR count). The second kappa shape index (κ2) is 16.0. The lowest BCUT2D eigenvalue weighted by Crippen LogP contribution is -2.49. The minimum absolute atomic E-state index is 0.0223. The third kappa shape index (κ3) is 8.94. The maximum Gasteiger partial charge on any atom is 0.410 e. The molecule has 2 atom stereocenters. The third-order valence-corrected chi connectivity index (χ3v) is 8.92. The van der Waals surface area contributed by atoms with Crippen LogP contribution in [0.2, 0.25) is 10.0 Å². The summed E-state index contributed by atoms with van der Waals surface area (Å²) in [5.74, 6) is -5.12. The van der Waals surface area contributed by atoms with Crippen molar-refractivity contribution < 1.29 is 38.5 Å². The number of allylic oxidation sites excluding steroid dienone is 1. The molecular weight excluding hydrogens is 661 g/mol. The number of ether oxygens (including phenoxy) is 3. The number of halogens is 2. The maximum atomic E-state index is 13.5. The molecule has 2 aliphatic rings. The van der Waals surface area contributed by atoms with Crippen LogP contribution in [0.3, 0.4) is 0 Å². The van der Waals surface area contributed by atoms with Crippen LogP contribution in [0.5, 0.6) is 0 Å². The SMILES string of the molecule is COC(=O)C1=C(CCc2ccccc2CN2CCN(C(=O)OC(C)(C)C)CC2)N=C(CC(=O)O)C(C(=O)OC)C1c1c(Cl)cccc1Cl. The Labute approximate surface area is 290 Å². The minimum Gasteiger partial charge on any atom is -0.481 e. The summed E-state index contributed by atoms with van der Waals surface area (Å²) in [4.78, 5) is 59.9. The molecule has 0 aromatic heterocycles. The number of esters is 2. The topological polar surface area (TPSA) is 135 Å². The zero-order valence-corrected chi connectivity index (χ0v) is 29.3. The van der Waals surface area contributed by atoms with Gasteiger partial charge >= 0.3 is 24.0 Å². The molecule has 1 amide bonds. The van der Waals surface area contributed by atoms with Gasteiger partial charge in [-0.1, -0.05) is 53.5 Å². The molecule has 2 unspecified atom stereocenters. The number of aliphatic imine (C=N–C) groups is 1. The Kier molecular flexibility index (Phi) is 12.3. The molecule has 13 heteroatoms. The second-order valence-corrected chi connectivity index (χ2v) is 13.5. The summed E-state index contributed by atoms with van der Waals surface area (Å²) in [5, 5.41) is 10.2. The first-order valence-corrected chi connectivity index (χ1v) is 16.4. The standard InChI is InChI=1S/C35H41Cl2N3O8/c1-35(2,3)48-34(45)40-17-15-39(16-18-40)20-22-10-7-6-9-21(22)13-14-25-29(32(43)46-4)31(28-23(36)11-8-12-24(28)37)30(33(44)47-5)26(38-25)19-27(41)42/h6-12,30-31H,13-20H2,1-5H3,(H,41,42). The van der Waals surface area contributed by atoms with Crippen LogP contribution in [0, 0.1) is 5.92 Å². The zero-order chi connectivity index (χ0) is 35.2. The first-order chi connectivity index (χ1) is 22.7. The molecule has 0 spiro atoms. The van der Waals surface area contributed by atoms with Crippen molar-refractivity contribution in [2.75, 3.05) is 40.4 Å². The summed E-state index contributed by atoms with van der Waals surface area (Å²) in [5.41, 5.74) is 2.14. The van der Waals surface area contributed by atoms with Crippen molar-refractivity contribution in [2.24, 2.45) is 10.9 Å². The Balaban J connectivity index is 1.66. The smallest absolute Gasteiger partial charge is 0.410 e. The first-order valence-electron chi connectivity index (χ1n) is 15.6.